The van der Waals surface area contributed by atoms with E-state index in [4.69, 9.17) is 14.2 Å². The van der Waals surface area contributed by atoms with Crippen molar-refractivity contribution in [3.63, 3.8) is 0 Å². The van der Waals surface area contributed by atoms with Gasteiger partial charge in [0.25, 0.3) is 5.91 Å². The smallest absolute Gasteiger partial charge is 0.343 e. The van der Waals surface area contributed by atoms with Crippen LogP contribution in [0.15, 0.2) is 94.5 Å². The third-order valence-electron chi connectivity index (χ3n) is 5.80. The van der Waals surface area contributed by atoms with Crippen molar-refractivity contribution in [3.05, 3.63) is 101 Å². The van der Waals surface area contributed by atoms with Gasteiger partial charge in [-0.1, -0.05) is 44.2 Å². The largest absolute Gasteiger partial charge is 0.494 e. The fourth-order valence-electron chi connectivity index (χ4n) is 3.72. The minimum absolute atomic E-state index is 0.356. The number of halogens is 1. The zero-order valence-electron chi connectivity index (χ0n) is 21.7. The Morgan fingerprint density at radius 3 is 2.36 bits per heavy atom. The van der Waals surface area contributed by atoms with E-state index in [9.17, 15) is 9.59 Å². The minimum atomic E-state index is -0.714. The van der Waals surface area contributed by atoms with Crippen LogP contribution in [0.4, 0.5) is 0 Å². The number of hydrazone groups is 1. The molecule has 0 spiro atoms. The first-order valence-electron chi connectivity index (χ1n) is 12.7. The fraction of sp³-hybridized carbons (Fsp3) is 0.194. The summed E-state index contributed by atoms with van der Waals surface area (Å²) < 4.78 is 17.8. The molecular weight excluding hydrogens is 560 g/mol. The molecule has 0 aliphatic carbocycles. The Hall–Kier alpha value is -4.17. The number of ether oxygens (including phenoxy) is 3. The Morgan fingerprint density at radius 2 is 1.64 bits per heavy atom. The Labute approximate surface area is 235 Å². The number of esters is 1. The number of hydrogen-bond acceptors (Lipinski definition) is 6. The number of fused-ring (bicyclic) bond motifs is 1. The highest BCUT2D eigenvalue weighted by atomic mass is 79.9. The van der Waals surface area contributed by atoms with Crippen LogP contribution >= 0.6 is 15.9 Å². The van der Waals surface area contributed by atoms with Crippen molar-refractivity contribution in [1.82, 2.24) is 5.43 Å². The van der Waals surface area contributed by atoms with Crippen molar-refractivity contribution in [3.8, 4) is 17.2 Å². The Bertz CT molecular complexity index is 1450. The molecule has 0 aliphatic heterocycles. The van der Waals surface area contributed by atoms with Crippen LogP contribution in [0, 0.1) is 0 Å². The molecule has 0 aliphatic rings. The van der Waals surface area contributed by atoms with Crippen LogP contribution in [0.25, 0.3) is 10.8 Å². The van der Waals surface area contributed by atoms with E-state index in [-0.39, 0.29) is 5.91 Å². The van der Waals surface area contributed by atoms with Crippen molar-refractivity contribution in [2.75, 3.05) is 6.61 Å². The second-order valence-corrected chi connectivity index (χ2v) is 9.47. The van der Waals surface area contributed by atoms with Crippen LogP contribution < -0.4 is 19.6 Å². The van der Waals surface area contributed by atoms with E-state index < -0.39 is 12.1 Å². The molecule has 1 atom stereocenters. The predicted octanol–water partition coefficient (Wildman–Crippen LogP) is 6.92. The quantitative estimate of drug-likeness (QED) is 0.0889. The molecule has 1 unspecified atom stereocenters. The van der Waals surface area contributed by atoms with Crippen molar-refractivity contribution >= 4 is 44.8 Å². The van der Waals surface area contributed by atoms with Crippen molar-refractivity contribution in [1.29, 1.82) is 0 Å². The van der Waals surface area contributed by atoms with E-state index in [2.05, 4.69) is 26.5 Å². The first kappa shape index (κ1) is 27.9. The van der Waals surface area contributed by atoms with Crippen LogP contribution in [0.2, 0.25) is 0 Å². The van der Waals surface area contributed by atoms with Crippen molar-refractivity contribution in [2.24, 2.45) is 5.10 Å². The number of nitrogens with one attached hydrogen (secondary N) is 1. The predicted molar refractivity (Wildman–Crippen MR) is 156 cm³/mol. The molecule has 1 amide bonds. The summed E-state index contributed by atoms with van der Waals surface area (Å²) in [5, 5.41) is 6.14. The molecule has 0 aromatic heterocycles. The lowest BCUT2D eigenvalue weighted by Crippen LogP contribution is -2.35. The second-order valence-electron chi connectivity index (χ2n) is 8.68. The van der Waals surface area contributed by atoms with E-state index >= 15 is 0 Å². The zero-order valence-corrected chi connectivity index (χ0v) is 23.3. The lowest BCUT2D eigenvalue weighted by atomic mass is 10.1. The maximum Gasteiger partial charge on any atom is 0.343 e. The molecular formula is C31H29BrN2O5. The highest BCUT2D eigenvalue weighted by Gasteiger charge is 2.20. The molecule has 8 heteroatoms. The van der Waals surface area contributed by atoms with Gasteiger partial charge in [-0.25, -0.2) is 10.2 Å². The third-order valence-corrected chi connectivity index (χ3v) is 6.62. The monoisotopic (exact) mass is 588 g/mol. The number of rotatable bonds is 11. The molecule has 7 nitrogen and oxygen atoms in total. The number of amides is 1. The topological polar surface area (TPSA) is 86.2 Å². The van der Waals surface area contributed by atoms with Gasteiger partial charge in [-0.15, -0.1) is 0 Å². The van der Waals surface area contributed by atoms with Crippen molar-refractivity contribution < 1.29 is 23.8 Å². The highest BCUT2D eigenvalue weighted by molar-refractivity contribution is 9.10. The minimum Gasteiger partial charge on any atom is -0.494 e. The molecule has 4 aromatic carbocycles. The van der Waals surface area contributed by atoms with Crippen molar-refractivity contribution in [2.45, 2.75) is 32.8 Å². The average Bonchev–Trinajstić information content (AvgIpc) is 2.97. The zero-order chi connectivity index (χ0) is 27.6. The van der Waals surface area contributed by atoms with E-state index in [1.165, 1.54) is 6.21 Å². The highest BCUT2D eigenvalue weighted by Crippen LogP contribution is 2.33. The van der Waals surface area contributed by atoms with Gasteiger partial charge in [-0.3, -0.25) is 4.79 Å². The summed E-state index contributed by atoms with van der Waals surface area (Å²) in [6.07, 6.45) is 2.18. The van der Waals surface area contributed by atoms with Crippen LogP contribution in [0.3, 0.4) is 0 Å². The van der Waals surface area contributed by atoms with Crippen LogP contribution in [0.5, 0.6) is 17.2 Å². The normalized spacial score (nSPS) is 11.8. The number of hydrogen-bond donors (Lipinski definition) is 1. The summed E-state index contributed by atoms with van der Waals surface area (Å²) in [6.45, 7) is 4.53. The summed E-state index contributed by atoms with van der Waals surface area (Å²) in [5.41, 5.74) is 3.69. The summed E-state index contributed by atoms with van der Waals surface area (Å²) in [4.78, 5) is 25.1. The maximum atomic E-state index is 12.7. The molecule has 0 heterocycles. The van der Waals surface area contributed by atoms with Gasteiger partial charge in [0.05, 0.1) is 22.9 Å². The number of benzene rings is 4. The third kappa shape index (κ3) is 7.45. The van der Waals surface area contributed by atoms with Gasteiger partial charge in [0.2, 0.25) is 0 Å². The van der Waals surface area contributed by atoms with Gasteiger partial charge in [0.15, 0.2) is 6.10 Å². The Kier molecular flexibility index (Phi) is 9.69. The Balaban J connectivity index is 1.30. The van der Waals surface area contributed by atoms with Crippen LogP contribution in [0.1, 0.15) is 42.6 Å². The van der Waals surface area contributed by atoms with Gasteiger partial charge in [-0.05, 0) is 99.7 Å². The first-order valence-corrected chi connectivity index (χ1v) is 13.5. The molecule has 39 heavy (non-hydrogen) atoms. The number of nitrogens with zero attached hydrogens (tertiary/aromatic N) is 1. The summed E-state index contributed by atoms with van der Waals surface area (Å²) in [7, 11) is 0. The van der Waals surface area contributed by atoms with E-state index in [1.807, 2.05) is 50.2 Å². The number of carbonyl (C=O) groups excluding carboxylic acids is 2. The van der Waals surface area contributed by atoms with Gasteiger partial charge in [0.1, 0.15) is 17.2 Å². The van der Waals surface area contributed by atoms with Gasteiger partial charge in [-0.2, -0.15) is 5.10 Å². The molecule has 0 radical (unpaired) electrons. The lowest BCUT2D eigenvalue weighted by Gasteiger charge is -2.17. The van der Waals surface area contributed by atoms with E-state index in [0.717, 1.165) is 27.2 Å². The van der Waals surface area contributed by atoms with E-state index in [0.29, 0.717) is 35.8 Å². The standard InChI is InChI=1S/C31H29BrN2O5/c1-3-19-37-24-16-11-23(12-17-24)31(36)38-25-14-9-21(10-15-25)20-33-34-30(35)27(4-2)39-28-18-13-22-7-5-6-8-26(22)29(28)32/h5-18,20,27H,3-4,19H2,1-2H3,(H,34,35). The molecule has 4 aromatic rings. The SMILES string of the molecule is CCCOc1ccc(C(=O)Oc2ccc(C=NNC(=O)C(CC)Oc3ccc4ccccc4c3Br)cc2)cc1. The lowest BCUT2D eigenvalue weighted by molar-refractivity contribution is -0.128. The molecule has 200 valence electrons. The second kappa shape index (κ2) is 13.6. The van der Waals surface area contributed by atoms with E-state index in [1.54, 1.807) is 48.5 Å². The number of carbonyl (C=O) groups is 2. The van der Waals surface area contributed by atoms with Crippen LogP contribution in [-0.4, -0.2) is 30.8 Å². The first-order chi connectivity index (χ1) is 19.0. The van der Waals surface area contributed by atoms with Gasteiger partial charge < -0.3 is 14.2 Å². The van der Waals surface area contributed by atoms with Gasteiger partial charge in [0, 0.05) is 0 Å². The summed E-state index contributed by atoms with van der Waals surface area (Å²) in [6, 6.07) is 25.4. The van der Waals surface area contributed by atoms with Gasteiger partial charge >= 0.3 is 5.97 Å². The summed E-state index contributed by atoms with van der Waals surface area (Å²) in [5.74, 6) is 0.876. The summed E-state index contributed by atoms with van der Waals surface area (Å²) >= 11 is 3.59. The average molecular weight is 589 g/mol. The molecule has 0 saturated heterocycles. The molecule has 4 rings (SSSR count). The Morgan fingerprint density at radius 1 is 0.923 bits per heavy atom. The maximum absolute atomic E-state index is 12.7. The molecule has 0 fully saturated rings. The fourth-order valence-corrected chi connectivity index (χ4v) is 4.30. The molecule has 1 N–H and O–H groups in total. The molecule has 0 saturated carbocycles. The van der Waals surface area contributed by atoms with Crippen LogP contribution in [-0.2, 0) is 4.79 Å². The molecule has 0 bridgehead atoms.